The molecule has 18 heavy (non-hydrogen) atoms. The molecule has 0 saturated carbocycles. The summed E-state index contributed by atoms with van der Waals surface area (Å²) in [7, 11) is 1.54. The molecule has 5 heteroatoms. The van der Waals surface area contributed by atoms with Crippen molar-refractivity contribution < 1.29 is 14.4 Å². The van der Waals surface area contributed by atoms with Crippen molar-refractivity contribution in [1.29, 1.82) is 0 Å². The lowest BCUT2D eigenvalue weighted by Crippen LogP contribution is -2.39. The van der Waals surface area contributed by atoms with E-state index in [1.165, 1.54) is 4.90 Å². The Labute approximate surface area is 107 Å². The van der Waals surface area contributed by atoms with Crippen LogP contribution in [-0.4, -0.2) is 42.6 Å². The summed E-state index contributed by atoms with van der Waals surface area (Å²) < 4.78 is 0. The molecule has 0 fully saturated rings. The van der Waals surface area contributed by atoms with E-state index in [9.17, 15) is 14.4 Å². The molecule has 1 aliphatic heterocycles. The number of amides is 2. The SMILES string of the molecule is C=CC1=C(C)C(=O)N(C(C=O)CCC(=O)NC)C1. The molecule has 1 N–H and O–H groups in total. The van der Waals surface area contributed by atoms with Gasteiger partial charge < -0.3 is 15.0 Å². The lowest BCUT2D eigenvalue weighted by Gasteiger charge is -2.23. The Morgan fingerprint density at radius 1 is 1.61 bits per heavy atom. The van der Waals surface area contributed by atoms with Crippen LogP contribution in [0.15, 0.2) is 23.8 Å². The van der Waals surface area contributed by atoms with Gasteiger partial charge in [-0.3, -0.25) is 9.59 Å². The van der Waals surface area contributed by atoms with E-state index in [1.54, 1.807) is 20.0 Å². The minimum absolute atomic E-state index is 0.137. The van der Waals surface area contributed by atoms with E-state index in [0.717, 1.165) is 11.9 Å². The predicted molar refractivity (Wildman–Crippen MR) is 67.8 cm³/mol. The average Bonchev–Trinajstić information content (AvgIpc) is 2.67. The monoisotopic (exact) mass is 250 g/mol. The molecular weight excluding hydrogens is 232 g/mol. The third-order valence-corrected chi connectivity index (χ3v) is 3.15. The maximum absolute atomic E-state index is 12.0. The standard InChI is InChI=1S/C13H18N2O3/c1-4-10-7-15(13(18)9(10)2)11(8-16)5-6-12(17)14-3/h4,8,11H,1,5-7H2,2-3H3,(H,14,17). The van der Waals surface area contributed by atoms with E-state index in [4.69, 9.17) is 0 Å². The van der Waals surface area contributed by atoms with Gasteiger partial charge in [-0.2, -0.15) is 0 Å². The van der Waals surface area contributed by atoms with Crippen molar-refractivity contribution in [2.24, 2.45) is 0 Å². The van der Waals surface area contributed by atoms with Crippen molar-refractivity contribution in [2.75, 3.05) is 13.6 Å². The zero-order valence-electron chi connectivity index (χ0n) is 10.7. The van der Waals surface area contributed by atoms with Gasteiger partial charge >= 0.3 is 0 Å². The second kappa shape index (κ2) is 6.14. The first kappa shape index (κ1) is 14.2. The highest BCUT2D eigenvalue weighted by Crippen LogP contribution is 2.22. The fourth-order valence-electron chi connectivity index (χ4n) is 1.91. The molecule has 1 heterocycles. The highest BCUT2D eigenvalue weighted by Gasteiger charge is 2.31. The lowest BCUT2D eigenvalue weighted by atomic mass is 10.1. The van der Waals surface area contributed by atoms with Crippen molar-refractivity contribution >= 4 is 18.1 Å². The van der Waals surface area contributed by atoms with Gasteiger partial charge in [0.2, 0.25) is 5.91 Å². The molecule has 0 aliphatic carbocycles. The summed E-state index contributed by atoms with van der Waals surface area (Å²) in [6.07, 6.45) is 2.92. The third kappa shape index (κ3) is 2.85. The Balaban J connectivity index is 2.69. The van der Waals surface area contributed by atoms with Crippen LogP contribution in [0.25, 0.3) is 0 Å². The van der Waals surface area contributed by atoms with Gasteiger partial charge in [-0.05, 0) is 18.9 Å². The quantitative estimate of drug-likeness (QED) is 0.695. The number of nitrogens with zero attached hydrogens (tertiary/aromatic N) is 1. The van der Waals surface area contributed by atoms with Crippen LogP contribution in [0.3, 0.4) is 0 Å². The number of hydrogen-bond donors (Lipinski definition) is 1. The van der Waals surface area contributed by atoms with Crippen molar-refractivity contribution in [3.63, 3.8) is 0 Å². The number of carbonyl (C=O) groups is 3. The molecule has 98 valence electrons. The Kier molecular flexibility index (Phi) is 4.83. The van der Waals surface area contributed by atoms with E-state index in [0.29, 0.717) is 18.5 Å². The van der Waals surface area contributed by atoms with E-state index < -0.39 is 6.04 Å². The average molecular weight is 250 g/mol. The summed E-state index contributed by atoms with van der Waals surface area (Å²) in [4.78, 5) is 35.7. The van der Waals surface area contributed by atoms with Crippen molar-refractivity contribution in [3.8, 4) is 0 Å². The summed E-state index contributed by atoms with van der Waals surface area (Å²) in [5.74, 6) is -0.291. The third-order valence-electron chi connectivity index (χ3n) is 3.15. The Bertz CT molecular complexity index is 412. The second-order valence-electron chi connectivity index (χ2n) is 4.20. The summed E-state index contributed by atoms with van der Waals surface area (Å²) >= 11 is 0. The van der Waals surface area contributed by atoms with Crippen molar-refractivity contribution in [2.45, 2.75) is 25.8 Å². The van der Waals surface area contributed by atoms with E-state index >= 15 is 0 Å². The van der Waals surface area contributed by atoms with Gasteiger partial charge in [0.1, 0.15) is 6.29 Å². The minimum Gasteiger partial charge on any atom is -0.359 e. The number of aldehydes is 1. The Morgan fingerprint density at radius 2 is 2.28 bits per heavy atom. The molecule has 0 spiro atoms. The zero-order valence-corrected chi connectivity index (χ0v) is 10.7. The van der Waals surface area contributed by atoms with Crippen LogP contribution in [0, 0.1) is 0 Å². The molecule has 0 aromatic rings. The molecule has 0 aromatic heterocycles. The first-order valence-electron chi connectivity index (χ1n) is 5.84. The first-order chi connectivity index (χ1) is 8.54. The zero-order chi connectivity index (χ0) is 13.7. The maximum atomic E-state index is 12.0. The van der Waals surface area contributed by atoms with Gasteiger partial charge in [-0.25, -0.2) is 0 Å². The molecular formula is C13H18N2O3. The van der Waals surface area contributed by atoms with Crippen LogP contribution in [0.4, 0.5) is 0 Å². The van der Waals surface area contributed by atoms with Crippen molar-refractivity contribution in [3.05, 3.63) is 23.8 Å². The number of carbonyl (C=O) groups excluding carboxylic acids is 3. The molecule has 1 unspecified atom stereocenters. The Morgan fingerprint density at radius 3 is 2.72 bits per heavy atom. The highest BCUT2D eigenvalue weighted by molar-refractivity contribution is 5.98. The number of hydrogen-bond acceptors (Lipinski definition) is 3. The molecule has 1 rings (SSSR count). The van der Waals surface area contributed by atoms with Gasteiger partial charge in [0.05, 0.1) is 6.04 Å². The topological polar surface area (TPSA) is 66.5 Å². The van der Waals surface area contributed by atoms with Crippen LogP contribution in [-0.2, 0) is 14.4 Å². The molecule has 0 aromatic carbocycles. The van der Waals surface area contributed by atoms with Gasteiger partial charge in [0.15, 0.2) is 0 Å². The molecule has 5 nitrogen and oxygen atoms in total. The Hall–Kier alpha value is -1.91. The summed E-state index contributed by atoms with van der Waals surface area (Å²) in [5, 5.41) is 2.49. The largest absolute Gasteiger partial charge is 0.359 e. The van der Waals surface area contributed by atoms with E-state index in [1.807, 2.05) is 0 Å². The fourth-order valence-corrected chi connectivity index (χ4v) is 1.91. The van der Waals surface area contributed by atoms with Crippen LogP contribution in [0.2, 0.25) is 0 Å². The molecule has 0 radical (unpaired) electrons. The normalized spacial score (nSPS) is 16.8. The van der Waals surface area contributed by atoms with Gasteiger partial charge in [-0.15, -0.1) is 0 Å². The maximum Gasteiger partial charge on any atom is 0.250 e. The van der Waals surface area contributed by atoms with Crippen molar-refractivity contribution in [1.82, 2.24) is 10.2 Å². The van der Waals surface area contributed by atoms with E-state index in [-0.39, 0.29) is 18.2 Å². The molecule has 0 saturated heterocycles. The fraction of sp³-hybridized carbons (Fsp3) is 0.462. The summed E-state index contributed by atoms with van der Waals surface area (Å²) in [5.41, 5.74) is 1.46. The van der Waals surface area contributed by atoms with Gasteiger partial charge in [0.25, 0.3) is 5.91 Å². The van der Waals surface area contributed by atoms with Gasteiger partial charge in [-0.1, -0.05) is 12.7 Å². The predicted octanol–water partition coefficient (Wildman–Crippen LogP) is 0.425. The first-order valence-corrected chi connectivity index (χ1v) is 5.84. The summed E-state index contributed by atoms with van der Waals surface area (Å²) in [6, 6.07) is -0.554. The van der Waals surface area contributed by atoms with Crippen LogP contribution < -0.4 is 5.32 Å². The molecule has 1 aliphatic rings. The smallest absolute Gasteiger partial charge is 0.250 e. The highest BCUT2D eigenvalue weighted by atomic mass is 16.2. The second-order valence-corrected chi connectivity index (χ2v) is 4.20. The number of nitrogens with one attached hydrogen (secondary N) is 1. The van der Waals surface area contributed by atoms with Crippen LogP contribution >= 0.6 is 0 Å². The lowest BCUT2D eigenvalue weighted by molar-refractivity contribution is -0.131. The van der Waals surface area contributed by atoms with Gasteiger partial charge in [0, 0.05) is 25.6 Å². The van der Waals surface area contributed by atoms with Crippen LogP contribution in [0.5, 0.6) is 0 Å². The minimum atomic E-state index is -0.554. The molecule has 0 bridgehead atoms. The van der Waals surface area contributed by atoms with Crippen LogP contribution in [0.1, 0.15) is 19.8 Å². The summed E-state index contributed by atoms with van der Waals surface area (Å²) in [6.45, 7) is 5.76. The van der Waals surface area contributed by atoms with E-state index in [2.05, 4.69) is 11.9 Å². The number of rotatable bonds is 6. The molecule has 2 amide bonds. The molecule has 1 atom stereocenters.